The highest BCUT2D eigenvalue weighted by Gasteiger charge is 2.07. The molecule has 0 unspecified atom stereocenters. The van der Waals surface area contributed by atoms with Gasteiger partial charge in [0.1, 0.15) is 0 Å². The van der Waals surface area contributed by atoms with Crippen molar-refractivity contribution >= 4 is 57.3 Å². The number of halogens is 1. The number of rotatable bonds is 5. The second-order valence-corrected chi connectivity index (χ2v) is 5.69. The normalized spacial score (nSPS) is 10.6. The van der Waals surface area contributed by atoms with Gasteiger partial charge < -0.3 is 10.6 Å². The number of nitrogens with one attached hydrogen (secondary N) is 3. The SMILES string of the molecule is CCNC(=S)N/N=C/c1sc(Nc2ccccc2)nc1Cl. The fraction of sp³-hybridized carbons (Fsp3) is 0.154. The molecule has 21 heavy (non-hydrogen) atoms. The molecule has 110 valence electrons. The topological polar surface area (TPSA) is 61.3 Å². The first-order valence-corrected chi connectivity index (χ1v) is 7.84. The van der Waals surface area contributed by atoms with Crippen molar-refractivity contribution in [2.45, 2.75) is 6.92 Å². The molecule has 5 nitrogen and oxygen atoms in total. The quantitative estimate of drug-likeness (QED) is 0.443. The van der Waals surface area contributed by atoms with E-state index in [-0.39, 0.29) is 0 Å². The Morgan fingerprint density at radius 1 is 1.43 bits per heavy atom. The molecule has 8 heteroatoms. The Labute approximate surface area is 137 Å². The molecule has 0 amide bonds. The number of para-hydroxylation sites is 1. The van der Waals surface area contributed by atoms with Crippen LogP contribution >= 0.6 is 35.2 Å². The lowest BCUT2D eigenvalue weighted by Crippen LogP contribution is -2.31. The average Bonchev–Trinajstić information content (AvgIpc) is 2.80. The van der Waals surface area contributed by atoms with Crippen LogP contribution in [0, 0.1) is 0 Å². The second kappa shape index (κ2) is 7.92. The fourth-order valence-corrected chi connectivity index (χ4v) is 2.69. The van der Waals surface area contributed by atoms with Crippen molar-refractivity contribution < 1.29 is 0 Å². The lowest BCUT2D eigenvalue weighted by molar-refractivity contribution is 0.904. The van der Waals surface area contributed by atoms with Crippen LogP contribution in [0.2, 0.25) is 5.15 Å². The molecule has 1 aromatic carbocycles. The Balaban J connectivity index is 1.99. The van der Waals surface area contributed by atoms with Crippen LogP contribution in [0.4, 0.5) is 10.8 Å². The summed E-state index contributed by atoms with van der Waals surface area (Å²) in [6.07, 6.45) is 1.60. The van der Waals surface area contributed by atoms with Gasteiger partial charge in [-0.15, -0.1) is 0 Å². The van der Waals surface area contributed by atoms with Gasteiger partial charge in [0, 0.05) is 12.2 Å². The Bertz CT molecular complexity index is 627. The molecule has 0 atom stereocenters. The number of aromatic nitrogens is 1. The van der Waals surface area contributed by atoms with Crippen LogP contribution in [-0.4, -0.2) is 22.9 Å². The highest BCUT2D eigenvalue weighted by atomic mass is 35.5. The number of nitrogens with zero attached hydrogens (tertiary/aromatic N) is 2. The van der Waals surface area contributed by atoms with Crippen molar-refractivity contribution in [1.82, 2.24) is 15.7 Å². The maximum atomic E-state index is 6.08. The molecule has 0 radical (unpaired) electrons. The molecule has 1 heterocycles. The third-order valence-electron chi connectivity index (χ3n) is 2.32. The summed E-state index contributed by atoms with van der Waals surface area (Å²) < 4.78 is 0. The first kappa shape index (κ1) is 15.7. The van der Waals surface area contributed by atoms with Crippen LogP contribution in [0.25, 0.3) is 0 Å². The minimum Gasteiger partial charge on any atom is -0.362 e. The smallest absolute Gasteiger partial charge is 0.189 e. The van der Waals surface area contributed by atoms with Crippen molar-refractivity contribution in [3.05, 3.63) is 40.4 Å². The Morgan fingerprint density at radius 2 is 2.19 bits per heavy atom. The van der Waals surface area contributed by atoms with E-state index in [0.717, 1.165) is 17.1 Å². The van der Waals surface area contributed by atoms with Crippen LogP contribution in [0.15, 0.2) is 35.4 Å². The maximum absolute atomic E-state index is 6.08. The van der Waals surface area contributed by atoms with Crippen LogP contribution in [0.5, 0.6) is 0 Å². The number of hydrogen-bond acceptors (Lipinski definition) is 5. The van der Waals surface area contributed by atoms with E-state index in [2.05, 4.69) is 26.1 Å². The highest BCUT2D eigenvalue weighted by molar-refractivity contribution is 7.80. The van der Waals surface area contributed by atoms with Crippen LogP contribution in [-0.2, 0) is 0 Å². The van der Waals surface area contributed by atoms with Crippen LogP contribution in [0.1, 0.15) is 11.8 Å². The molecule has 0 aliphatic heterocycles. The zero-order valence-corrected chi connectivity index (χ0v) is 13.6. The molecular formula is C13H14ClN5S2. The fourth-order valence-electron chi connectivity index (χ4n) is 1.44. The van der Waals surface area contributed by atoms with Gasteiger partial charge >= 0.3 is 0 Å². The predicted molar refractivity (Wildman–Crippen MR) is 93.9 cm³/mol. The zero-order chi connectivity index (χ0) is 15.1. The minimum atomic E-state index is 0.401. The van der Waals surface area contributed by atoms with Gasteiger partial charge in [-0.25, -0.2) is 4.98 Å². The third kappa shape index (κ3) is 4.96. The largest absolute Gasteiger partial charge is 0.362 e. The summed E-state index contributed by atoms with van der Waals surface area (Å²) >= 11 is 12.5. The van der Waals surface area contributed by atoms with Gasteiger partial charge in [-0.1, -0.05) is 41.1 Å². The molecule has 0 saturated heterocycles. The molecular weight excluding hydrogens is 326 g/mol. The number of anilines is 2. The first-order valence-electron chi connectivity index (χ1n) is 6.24. The van der Waals surface area contributed by atoms with Crippen molar-refractivity contribution in [3.8, 4) is 0 Å². The van der Waals surface area contributed by atoms with Crippen LogP contribution in [0.3, 0.4) is 0 Å². The first-order chi connectivity index (χ1) is 10.2. The van der Waals surface area contributed by atoms with Gasteiger partial charge in [0.2, 0.25) is 0 Å². The average molecular weight is 340 g/mol. The number of benzene rings is 1. The van der Waals surface area contributed by atoms with Gasteiger partial charge in [-0.2, -0.15) is 5.10 Å². The molecule has 3 N–H and O–H groups in total. The van der Waals surface area contributed by atoms with Crippen molar-refractivity contribution in [2.24, 2.45) is 5.10 Å². The Hall–Kier alpha value is -1.70. The van der Waals surface area contributed by atoms with E-state index in [1.54, 1.807) is 6.21 Å². The van der Waals surface area contributed by atoms with Gasteiger partial charge in [0.25, 0.3) is 0 Å². The third-order valence-corrected chi connectivity index (χ3v) is 3.86. The predicted octanol–water partition coefficient (Wildman–Crippen LogP) is 3.36. The highest BCUT2D eigenvalue weighted by Crippen LogP contribution is 2.27. The van der Waals surface area contributed by atoms with Gasteiger partial charge in [-0.05, 0) is 31.3 Å². The van der Waals surface area contributed by atoms with E-state index < -0.39 is 0 Å². The number of hydrogen-bond donors (Lipinski definition) is 3. The van der Waals surface area contributed by atoms with Gasteiger partial charge in [0.15, 0.2) is 15.4 Å². The van der Waals surface area contributed by atoms with Crippen molar-refractivity contribution in [1.29, 1.82) is 0 Å². The molecule has 0 fully saturated rings. The zero-order valence-electron chi connectivity index (χ0n) is 11.3. The number of hydrazone groups is 1. The van der Waals surface area contributed by atoms with E-state index in [4.69, 9.17) is 23.8 Å². The van der Waals surface area contributed by atoms with Crippen LogP contribution < -0.4 is 16.1 Å². The standard InChI is InChI=1S/C13H14ClN5S2/c1-2-15-12(20)19-16-8-10-11(14)18-13(21-10)17-9-6-4-3-5-7-9/h3-8H,2H2,1H3,(H,17,18)(H2,15,19,20)/b16-8+. The monoisotopic (exact) mass is 339 g/mol. The molecule has 1 aromatic heterocycles. The lowest BCUT2D eigenvalue weighted by Gasteiger charge is -2.01. The minimum absolute atomic E-state index is 0.401. The van der Waals surface area contributed by atoms with Crippen molar-refractivity contribution in [3.63, 3.8) is 0 Å². The van der Waals surface area contributed by atoms with E-state index in [0.29, 0.717) is 15.4 Å². The van der Waals surface area contributed by atoms with Gasteiger partial charge in [0.05, 0.1) is 11.1 Å². The van der Waals surface area contributed by atoms with E-state index in [1.807, 2.05) is 37.3 Å². The number of thiazole rings is 1. The summed E-state index contributed by atoms with van der Waals surface area (Å²) in [5, 5.41) is 11.7. The molecule has 0 bridgehead atoms. The summed E-state index contributed by atoms with van der Waals surface area (Å²) in [6, 6.07) is 9.77. The second-order valence-electron chi connectivity index (χ2n) is 3.89. The lowest BCUT2D eigenvalue weighted by atomic mass is 10.3. The summed E-state index contributed by atoms with van der Waals surface area (Å²) in [4.78, 5) is 5.00. The molecule has 0 saturated carbocycles. The van der Waals surface area contributed by atoms with E-state index in [9.17, 15) is 0 Å². The van der Waals surface area contributed by atoms with E-state index in [1.165, 1.54) is 11.3 Å². The van der Waals surface area contributed by atoms with Gasteiger partial charge in [-0.3, -0.25) is 5.43 Å². The summed E-state index contributed by atoms with van der Waals surface area (Å²) in [6.45, 7) is 2.70. The molecule has 0 aliphatic carbocycles. The Kier molecular flexibility index (Phi) is 5.91. The number of thiocarbonyl (C=S) groups is 1. The summed E-state index contributed by atoms with van der Waals surface area (Å²) in [7, 11) is 0. The Morgan fingerprint density at radius 3 is 2.90 bits per heavy atom. The summed E-state index contributed by atoms with van der Waals surface area (Å²) in [5.74, 6) is 0. The molecule has 2 aromatic rings. The van der Waals surface area contributed by atoms with E-state index >= 15 is 0 Å². The summed E-state index contributed by atoms with van der Waals surface area (Å²) in [5.41, 5.74) is 3.66. The van der Waals surface area contributed by atoms with Crippen molar-refractivity contribution in [2.75, 3.05) is 11.9 Å². The molecule has 0 aliphatic rings. The maximum Gasteiger partial charge on any atom is 0.189 e. The molecule has 2 rings (SSSR count). The molecule has 0 spiro atoms.